The Morgan fingerprint density at radius 3 is 2.44 bits per heavy atom. The van der Waals surface area contributed by atoms with Crippen LogP contribution in [-0.4, -0.2) is 123 Å². The number of nitrogen functional groups attached to an aromatic ring is 1. The van der Waals surface area contributed by atoms with Crippen molar-refractivity contribution in [1.82, 2.24) is 30.2 Å². The second-order valence-corrected chi connectivity index (χ2v) is 17.7. The summed E-state index contributed by atoms with van der Waals surface area (Å²) in [7, 11) is -16.4. The molecule has 1 fully saturated rings. The third-order valence-corrected chi connectivity index (χ3v) is 11.3. The molecule has 3 unspecified atom stereocenters. The van der Waals surface area contributed by atoms with Gasteiger partial charge in [0.05, 0.1) is 19.5 Å². The second kappa shape index (κ2) is 19.5. The van der Waals surface area contributed by atoms with Crippen molar-refractivity contribution in [2.75, 3.05) is 37.8 Å². The average molecular weight is 862 g/mol. The molecule has 0 spiro atoms. The number of aliphatic hydroxyl groups is 2. The molecule has 308 valence electrons. The van der Waals surface area contributed by atoms with E-state index in [2.05, 4.69) is 41.0 Å². The van der Waals surface area contributed by atoms with Crippen LogP contribution in [0.4, 0.5) is 5.82 Å². The Kier molecular flexibility index (Phi) is 16.4. The summed E-state index contributed by atoms with van der Waals surface area (Å²) in [5.74, 6) is -1.18. The summed E-state index contributed by atoms with van der Waals surface area (Å²) < 4.78 is 62.0. The Morgan fingerprint density at radius 1 is 1.11 bits per heavy atom. The molecule has 2 aromatic heterocycles. The van der Waals surface area contributed by atoms with E-state index in [1.165, 1.54) is 26.0 Å². The van der Waals surface area contributed by atoms with Gasteiger partial charge in [-0.3, -0.25) is 32.5 Å². The maximum Gasteiger partial charge on any atom is 0.481 e. The standard InChI is InChI=1S/C27H42N7O17P3S/c1-5-15(2)10-18(36)55-9-8-29-17(35)6-7-30-25(39)22(38)27(3,4)12-48-54(45,46)51-53(43,44)47-11-16-21(50-52(40,41)42)20(37)26(49-16)34-14-33-19-23(28)31-13-32-24(19)34/h5,10,13-14,16,20-22,26,37-38H,1,6-9,11-12H2,2-4H3,(H,29,35)(H,30,39)(H,43,44)(H,45,46)(H2,28,31,32)(H2,40,41,42)/t16-,20-,21-,22?,26-/m1/s1. The molecule has 24 nitrogen and oxygen atoms in total. The molecule has 0 saturated carbocycles. The summed E-state index contributed by atoms with van der Waals surface area (Å²) in [4.78, 5) is 87.2. The van der Waals surface area contributed by atoms with Gasteiger partial charge < -0.3 is 50.9 Å². The number of ether oxygens (including phenoxy) is 1. The van der Waals surface area contributed by atoms with Crippen LogP contribution in [0.5, 0.6) is 0 Å². The van der Waals surface area contributed by atoms with Crippen LogP contribution in [0.15, 0.2) is 37.0 Å². The molecular formula is C27H42N7O17P3S. The van der Waals surface area contributed by atoms with Crippen LogP contribution in [0, 0.1) is 5.41 Å². The number of phosphoric ester groups is 3. The van der Waals surface area contributed by atoms with Gasteiger partial charge in [0.25, 0.3) is 0 Å². The van der Waals surface area contributed by atoms with Crippen molar-refractivity contribution in [3.63, 3.8) is 0 Å². The Bertz CT molecular complexity index is 1890. The lowest BCUT2D eigenvalue weighted by atomic mass is 9.87. The number of thioether (sulfide) groups is 1. The number of nitrogens with one attached hydrogen (secondary N) is 2. The number of aromatic nitrogens is 4. The first-order valence-corrected chi connectivity index (χ1v) is 21.3. The number of carbonyl (C=O) groups excluding carboxylic acids is 3. The summed E-state index contributed by atoms with van der Waals surface area (Å²) in [5.41, 5.74) is 4.94. The normalized spacial score (nSPS) is 22.1. The zero-order valence-corrected chi connectivity index (χ0v) is 32.9. The predicted molar refractivity (Wildman–Crippen MR) is 191 cm³/mol. The van der Waals surface area contributed by atoms with E-state index in [1.54, 1.807) is 6.92 Å². The summed E-state index contributed by atoms with van der Waals surface area (Å²) in [6.45, 7) is 5.69. The Labute approximate surface area is 317 Å². The average Bonchev–Trinajstić information content (AvgIpc) is 3.64. The largest absolute Gasteiger partial charge is 0.481 e. The van der Waals surface area contributed by atoms with Gasteiger partial charge in [0.15, 0.2) is 17.7 Å². The SMILES string of the molecule is C=CC(C)=CC(=O)SCCNC(=O)CCNC(=O)C(O)C(C)(C)COP(=O)(O)OP(=O)(O)OC[C@H]1O[C@@H](n2cnc3c(N)ncnc32)[C@H](O)[C@@H]1OP(=O)(O)O. The zero-order valence-electron chi connectivity index (χ0n) is 29.4. The van der Waals surface area contributed by atoms with E-state index >= 15 is 0 Å². The molecular weight excluding hydrogens is 819 g/mol. The van der Waals surface area contributed by atoms with Crippen molar-refractivity contribution in [2.24, 2.45) is 5.41 Å². The maximum atomic E-state index is 12.7. The van der Waals surface area contributed by atoms with E-state index in [-0.39, 0.29) is 41.6 Å². The zero-order chi connectivity index (χ0) is 41.4. The lowest BCUT2D eigenvalue weighted by Gasteiger charge is -2.30. The van der Waals surface area contributed by atoms with E-state index in [1.807, 2.05) is 0 Å². The fourth-order valence-corrected chi connectivity index (χ4v) is 8.07. The van der Waals surface area contributed by atoms with Crippen LogP contribution in [0.2, 0.25) is 0 Å². The van der Waals surface area contributed by atoms with Crippen LogP contribution in [0.3, 0.4) is 0 Å². The van der Waals surface area contributed by atoms with Crippen LogP contribution in [-0.2, 0) is 50.7 Å². The lowest BCUT2D eigenvalue weighted by Crippen LogP contribution is -2.46. The molecule has 28 heteroatoms. The number of nitrogens with two attached hydrogens (primary N) is 1. The maximum absolute atomic E-state index is 12.7. The molecule has 55 heavy (non-hydrogen) atoms. The van der Waals surface area contributed by atoms with E-state index in [9.17, 15) is 57.9 Å². The summed E-state index contributed by atoms with van der Waals surface area (Å²) in [5, 5.41) is 26.1. The highest BCUT2D eigenvalue weighted by Crippen LogP contribution is 2.61. The predicted octanol–water partition coefficient (Wildman–Crippen LogP) is -0.203. The molecule has 7 atom stereocenters. The molecule has 3 rings (SSSR count). The first-order valence-electron chi connectivity index (χ1n) is 15.8. The molecule has 1 saturated heterocycles. The highest BCUT2D eigenvalue weighted by atomic mass is 32.2. The van der Waals surface area contributed by atoms with Gasteiger partial charge in [0, 0.05) is 30.7 Å². The fourth-order valence-electron chi connectivity index (χ4n) is 4.57. The Hall–Kier alpha value is -2.96. The minimum atomic E-state index is -5.57. The molecule has 2 aromatic rings. The molecule has 0 aromatic carbocycles. The van der Waals surface area contributed by atoms with Crippen molar-refractivity contribution in [3.05, 3.63) is 37.0 Å². The quantitative estimate of drug-likeness (QED) is 0.0339. The lowest BCUT2D eigenvalue weighted by molar-refractivity contribution is -0.137. The van der Waals surface area contributed by atoms with Gasteiger partial charge in [-0.25, -0.2) is 28.6 Å². The van der Waals surface area contributed by atoms with Crippen LogP contribution >= 0.6 is 35.2 Å². The highest BCUT2D eigenvalue weighted by molar-refractivity contribution is 8.14. The number of carbonyl (C=O) groups is 3. The monoisotopic (exact) mass is 861 g/mol. The highest BCUT2D eigenvalue weighted by Gasteiger charge is 2.50. The molecule has 0 radical (unpaired) electrons. The number of nitrogens with zero attached hydrogens (tertiary/aromatic N) is 4. The van der Waals surface area contributed by atoms with Gasteiger partial charge >= 0.3 is 23.5 Å². The number of anilines is 1. The smallest absolute Gasteiger partial charge is 0.386 e. The van der Waals surface area contributed by atoms with E-state index < -0.39 is 84.6 Å². The first-order chi connectivity index (χ1) is 25.4. The van der Waals surface area contributed by atoms with Gasteiger partial charge in [-0.1, -0.05) is 38.3 Å². The minimum absolute atomic E-state index is 0.0284. The molecule has 1 aliphatic rings. The van der Waals surface area contributed by atoms with Gasteiger partial charge in [-0.05, 0) is 18.6 Å². The molecule has 2 amide bonds. The molecule has 3 heterocycles. The number of amides is 2. The number of hydrogen-bond acceptors (Lipinski definition) is 18. The van der Waals surface area contributed by atoms with Crippen molar-refractivity contribution in [3.8, 4) is 0 Å². The van der Waals surface area contributed by atoms with Crippen molar-refractivity contribution in [2.45, 2.75) is 57.8 Å². The van der Waals surface area contributed by atoms with Crippen molar-refractivity contribution >= 4 is 69.1 Å². The summed E-state index contributed by atoms with van der Waals surface area (Å²) >= 11 is 0.990. The molecule has 0 aliphatic carbocycles. The molecule has 0 bridgehead atoms. The van der Waals surface area contributed by atoms with E-state index in [0.29, 0.717) is 11.3 Å². The summed E-state index contributed by atoms with van der Waals surface area (Å²) in [6, 6.07) is 0. The molecule has 1 aliphatic heterocycles. The first kappa shape index (κ1) is 46.4. The number of phosphoric acid groups is 3. The Morgan fingerprint density at radius 2 is 1.78 bits per heavy atom. The van der Waals surface area contributed by atoms with Crippen molar-refractivity contribution in [1.29, 1.82) is 0 Å². The minimum Gasteiger partial charge on any atom is -0.386 e. The second-order valence-electron chi connectivity index (χ2n) is 12.3. The summed E-state index contributed by atoms with van der Waals surface area (Å²) in [6.07, 6.45) is -4.01. The van der Waals surface area contributed by atoms with Gasteiger partial charge in [0.1, 0.15) is 36.3 Å². The van der Waals surface area contributed by atoms with Gasteiger partial charge in [-0.15, -0.1) is 0 Å². The number of rotatable bonds is 21. The van der Waals surface area contributed by atoms with E-state index in [4.69, 9.17) is 19.5 Å². The van der Waals surface area contributed by atoms with Crippen LogP contribution in [0.25, 0.3) is 11.2 Å². The third-order valence-electron chi connectivity index (χ3n) is 7.41. The fraction of sp³-hybridized carbons (Fsp3) is 0.556. The number of allylic oxidation sites excluding steroid dienone is 2. The number of aliphatic hydroxyl groups excluding tert-OH is 2. The van der Waals surface area contributed by atoms with Crippen molar-refractivity contribution < 1.29 is 80.5 Å². The van der Waals surface area contributed by atoms with Crippen LogP contribution < -0.4 is 16.4 Å². The Balaban J connectivity index is 1.50. The van der Waals surface area contributed by atoms with Gasteiger partial charge in [-0.2, -0.15) is 4.31 Å². The number of imidazole rings is 1. The topological polar surface area (TPSA) is 364 Å². The van der Waals surface area contributed by atoms with Gasteiger partial charge in [0.2, 0.25) is 16.9 Å². The number of fused-ring (bicyclic) bond motifs is 1. The number of hydrogen-bond donors (Lipinski definition) is 9. The van der Waals surface area contributed by atoms with Crippen LogP contribution in [0.1, 0.15) is 33.4 Å². The van der Waals surface area contributed by atoms with E-state index in [0.717, 1.165) is 29.0 Å². The third kappa shape index (κ3) is 14.2. The molecule has 10 N–H and O–H groups in total.